The van der Waals surface area contributed by atoms with Crippen LogP contribution < -0.4 is 10.0 Å². The second kappa shape index (κ2) is 10.8. The van der Waals surface area contributed by atoms with E-state index >= 15 is 0 Å². The molecule has 34 heavy (non-hydrogen) atoms. The topological polar surface area (TPSA) is 78.5 Å². The van der Waals surface area contributed by atoms with Crippen LogP contribution in [-0.4, -0.2) is 32.3 Å². The molecule has 6 nitrogen and oxygen atoms in total. The van der Waals surface area contributed by atoms with Gasteiger partial charge in [-0.25, -0.2) is 8.42 Å². The number of aryl methyl sites for hydroxylation is 1. The molecule has 0 unspecified atom stereocenters. The standard InChI is InChI=1S/C27H31N3O3S/c1-21-17-24(13-14-26(21)29-34(32,33)25-11-4-2-5-12-25)27(31)28-19-22-9-8-10-23(18-22)20-30-15-6-3-7-16-30/h2,4-5,8-14,17-18,29H,3,6-7,15-16,19-20H2,1H3,(H,28,31). The average Bonchev–Trinajstić information content (AvgIpc) is 2.85. The number of benzene rings is 3. The molecule has 0 saturated carbocycles. The minimum Gasteiger partial charge on any atom is -0.348 e. The fraction of sp³-hybridized carbons (Fsp3) is 0.296. The lowest BCUT2D eigenvalue weighted by Gasteiger charge is -2.26. The Morgan fingerprint density at radius 1 is 0.882 bits per heavy atom. The van der Waals surface area contributed by atoms with Crippen molar-refractivity contribution in [1.29, 1.82) is 0 Å². The van der Waals surface area contributed by atoms with Gasteiger partial charge in [-0.2, -0.15) is 0 Å². The van der Waals surface area contributed by atoms with E-state index in [9.17, 15) is 13.2 Å². The van der Waals surface area contributed by atoms with Crippen molar-refractivity contribution in [3.8, 4) is 0 Å². The summed E-state index contributed by atoms with van der Waals surface area (Å²) in [5, 5.41) is 2.98. The zero-order valence-corrected chi connectivity index (χ0v) is 20.3. The van der Waals surface area contributed by atoms with Gasteiger partial charge in [-0.1, -0.05) is 48.9 Å². The number of anilines is 1. The quantitative estimate of drug-likeness (QED) is 0.492. The van der Waals surface area contributed by atoms with E-state index in [1.165, 1.54) is 24.8 Å². The zero-order valence-electron chi connectivity index (χ0n) is 19.5. The van der Waals surface area contributed by atoms with Crippen molar-refractivity contribution < 1.29 is 13.2 Å². The van der Waals surface area contributed by atoms with E-state index in [0.29, 0.717) is 23.4 Å². The molecule has 4 rings (SSSR count). The number of sulfonamides is 1. The van der Waals surface area contributed by atoms with Gasteiger partial charge in [0.1, 0.15) is 0 Å². The molecule has 178 valence electrons. The molecule has 1 saturated heterocycles. The van der Waals surface area contributed by atoms with Gasteiger partial charge in [0.2, 0.25) is 0 Å². The molecule has 0 bridgehead atoms. The third kappa shape index (κ3) is 6.24. The highest BCUT2D eigenvalue weighted by molar-refractivity contribution is 7.92. The summed E-state index contributed by atoms with van der Waals surface area (Å²) < 4.78 is 27.8. The lowest BCUT2D eigenvalue weighted by molar-refractivity contribution is 0.0951. The third-order valence-electron chi connectivity index (χ3n) is 6.09. The summed E-state index contributed by atoms with van der Waals surface area (Å²) in [5.41, 5.74) is 3.94. The first kappa shape index (κ1) is 24.0. The molecular weight excluding hydrogens is 446 g/mol. The Bertz CT molecular complexity index is 1240. The smallest absolute Gasteiger partial charge is 0.261 e. The molecule has 1 amide bonds. The average molecular weight is 478 g/mol. The predicted molar refractivity (Wildman–Crippen MR) is 135 cm³/mol. The van der Waals surface area contributed by atoms with Crippen molar-refractivity contribution >= 4 is 21.6 Å². The van der Waals surface area contributed by atoms with Gasteiger partial charge in [0.25, 0.3) is 15.9 Å². The van der Waals surface area contributed by atoms with Crippen LogP contribution in [0.3, 0.4) is 0 Å². The Kier molecular flexibility index (Phi) is 7.65. The highest BCUT2D eigenvalue weighted by Crippen LogP contribution is 2.21. The highest BCUT2D eigenvalue weighted by atomic mass is 32.2. The molecule has 0 atom stereocenters. The van der Waals surface area contributed by atoms with Crippen LogP contribution in [0.1, 0.15) is 46.3 Å². The molecule has 0 aliphatic carbocycles. The SMILES string of the molecule is Cc1cc(C(=O)NCc2cccc(CN3CCCCC3)c2)ccc1NS(=O)(=O)c1ccccc1. The van der Waals surface area contributed by atoms with Crippen LogP contribution in [0.2, 0.25) is 0 Å². The van der Waals surface area contributed by atoms with E-state index in [1.54, 1.807) is 55.5 Å². The van der Waals surface area contributed by atoms with Gasteiger partial charge < -0.3 is 5.32 Å². The van der Waals surface area contributed by atoms with Crippen molar-refractivity contribution in [1.82, 2.24) is 10.2 Å². The van der Waals surface area contributed by atoms with Crippen LogP contribution in [-0.2, 0) is 23.1 Å². The second-order valence-electron chi connectivity index (χ2n) is 8.79. The minimum absolute atomic E-state index is 0.193. The van der Waals surface area contributed by atoms with Crippen LogP contribution in [0.15, 0.2) is 77.7 Å². The molecule has 2 N–H and O–H groups in total. The first-order valence-corrected chi connectivity index (χ1v) is 13.2. The summed E-state index contributed by atoms with van der Waals surface area (Å²) in [4.78, 5) is 15.4. The van der Waals surface area contributed by atoms with Crippen molar-refractivity contribution in [3.63, 3.8) is 0 Å². The Morgan fingerprint density at radius 3 is 2.35 bits per heavy atom. The largest absolute Gasteiger partial charge is 0.348 e. The number of hydrogen-bond acceptors (Lipinski definition) is 4. The van der Waals surface area contributed by atoms with E-state index in [-0.39, 0.29) is 10.8 Å². The summed E-state index contributed by atoms with van der Waals surface area (Å²) in [5.74, 6) is -0.193. The van der Waals surface area contributed by atoms with E-state index < -0.39 is 10.0 Å². The van der Waals surface area contributed by atoms with Gasteiger partial charge in [-0.3, -0.25) is 14.4 Å². The van der Waals surface area contributed by atoms with E-state index in [4.69, 9.17) is 0 Å². The molecule has 0 aromatic heterocycles. The molecule has 3 aromatic carbocycles. The molecule has 3 aromatic rings. The molecule has 7 heteroatoms. The summed E-state index contributed by atoms with van der Waals surface area (Å²) in [6, 6.07) is 21.5. The van der Waals surface area contributed by atoms with E-state index in [2.05, 4.69) is 27.1 Å². The van der Waals surface area contributed by atoms with Crippen LogP contribution in [0, 0.1) is 6.92 Å². The predicted octanol–water partition coefficient (Wildman–Crippen LogP) is 4.71. The number of carbonyl (C=O) groups is 1. The number of amides is 1. The first-order valence-electron chi connectivity index (χ1n) is 11.7. The second-order valence-corrected chi connectivity index (χ2v) is 10.5. The fourth-order valence-corrected chi connectivity index (χ4v) is 5.37. The molecule has 0 radical (unpaired) electrons. The van der Waals surface area contributed by atoms with Gasteiger partial charge in [-0.05, 0) is 79.9 Å². The van der Waals surface area contributed by atoms with Crippen LogP contribution in [0.25, 0.3) is 0 Å². The number of carbonyl (C=O) groups excluding carboxylic acids is 1. The molecular formula is C27H31N3O3S. The van der Waals surface area contributed by atoms with Gasteiger partial charge >= 0.3 is 0 Å². The van der Waals surface area contributed by atoms with Crippen molar-refractivity contribution in [3.05, 3.63) is 95.1 Å². The highest BCUT2D eigenvalue weighted by Gasteiger charge is 2.16. The van der Waals surface area contributed by atoms with Gasteiger partial charge in [-0.15, -0.1) is 0 Å². The Balaban J connectivity index is 1.36. The maximum Gasteiger partial charge on any atom is 0.261 e. The normalized spacial score (nSPS) is 14.5. The van der Waals surface area contributed by atoms with Gasteiger partial charge in [0.15, 0.2) is 0 Å². The Hall–Kier alpha value is -3.16. The molecule has 1 aliphatic heterocycles. The molecule has 1 heterocycles. The number of hydrogen-bond donors (Lipinski definition) is 2. The van der Waals surface area contributed by atoms with Crippen molar-refractivity contribution in [2.45, 2.75) is 44.2 Å². The summed E-state index contributed by atoms with van der Waals surface area (Å²) in [6.07, 6.45) is 3.85. The summed E-state index contributed by atoms with van der Waals surface area (Å²) in [6.45, 7) is 5.47. The van der Waals surface area contributed by atoms with Crippen LogP contribution in [0.4, 0.5) is 5.69 Å². The van der Waals surface area contributed by atoms with Crippen LogP contribution in [0.5, 0.6) is 0 Å². The van der Waals surface area contributed by atoms with E-state index in [0.717, 1.165) is 25.2 Å². The maximum absolute atomic E-state index is 12.7. The number of piperidine rings is 1. The van der Waals surface area contributed by atoms with Gasteiger partial charge in [0.05, 0.1) is 10.6 Å². The van der Waals surface area contributed by atoms with Crippen molar-refractivity contribution in [2.75, 3.05) is 17.8 Å². The summed E-state index contributed by atoms with van der Waals surface area (Å²) >= 11 is 0. The van der Waals surface area contributed by atoms with Gasteiger partial charge in [0, 0.05) is 18.7 Å². The Morgan fingerprint density at radius 2 is 1.62 bits per heavy atom. The number of rotatable bonds is 8. The van der Waals surface area contributed by atoms with Crippen molar-refractivity contribution in [2.24, 2.45) is 0 Å². The zero-order chi connectivity index (χ0) is 24.0. The lowest BCUT2D eigenvalue weighted by Crippen LogP contribution is -2.29. The van der Waals surface area contributed by atoms with E-state index in [1.807, 2.05) is 12.1 Å². The number of nitrogens with zero attached hydrogens (tertiary/aromatic N) is 1. The number of nitrogens with one attached hydrogen (secondary N) is 2. The third-order valence-corrected chi connectivity index (χ3v) is 7.47. The molecule has 1 fully saturated rings. The number of likely N-dealkylation sites (tertiary alicyclic amines) is 1. The fourth-order valence-electron chi connectivity index (χ4n) is 4.22. The molecule has 1 aliphatic rings. The lowest BCUT2D eigenvalue weighted by atomic mass is 10.1. The minimum atomic E-state index is -3.68. The molecule has 0 spiro atoms. The summed E-state index contributed by atoms with van der Waals surface area (Å²) in [7, 11) is -3.68. The maximum atomic E-state index is 12.7. The van der Waals surface area contributed by atoms with Crippen LogP contribution >= 0.6 is 0 Å². The first-order chi connectivity index (χ1) is 16.4. The Labute approximate surface area is 202 Å². The monoisotopic (exact) mass is 477 g/mol.